The number of nitrogens with zero attached hydrogens (tertiary/aromatic N) is 2. The topological polar surface area (TPSA) is 49.9 Å². The number of likely N-dealkylation sites (tertiary alicyclic amines) is 1. The first kappa shape index (κ1) is 19.9. The Balaban J connectivity index is 1.52. The fourth-order valence-electron chi connectivity index (χ4n) is 4.19. The molecule has 1 aromatic heterocycles. The van der Waals surface area contributed by atoms with E-state index in [1.807, 2.05) is 23.6 Å². The average molecular weight is 411 g/mol. The Morgan fingerprint density at radius 3 is 2.45 bits per heavy atom. The number of hydrogen-bond acceptors (Lipinski definition) is 5. The maximum absolute atomic E-state index is 13.2. The molecule has 6 heteroatoms. The third kappa shape index (κ3) is 4.14. The Hall–Kier alpha value is -2.44. The third-order valence-electron chi connectivity index (χ3n) is 5.73. The maximum atomic E-state index is 13.2. The Bertz CT molecular complexity index is 884. The van der Waals surface area contributed by atoms with E-state index in [9.17, 15) is 9.59 Å². The van der Waals surface area contributed by atoms with Gasteiger partial charge in [0, 0.05) is 25.1 Å². The van der Waals surface area contributed by atoms with E-state index < -0.39 is 0 Å². The minimum absolute atomic E-state index is 0.183. The molecule has 4 rings (SSSR count). The van der Waals surface area contributed by atoms with Crippen LogP contribution in [-0.4, -0.2) is 55.0 Å². The first-order valence-electron chi connectivity index (χ1n) is 10.1. The van der Waals surface area contributed by atoms with Gasteiger partial charge in [0.05, 0.1) is 18.7 Å². The predicted octanol–water partition coefficient (Wildman–Crippen LogP) is 3.43. The normalized spacial score (nSPS) is 18.2. The largest absolute Gasteiger partial charge is 0.383 e. The van der Waals surface area contributed by atoms with Gasteiger partial charge < -0.3 is 9.64 Å². The van der Waals surface area contributed by atoms with Crippen LogP contribution in [0.2, 0.25) is 0 Å². The molecule has 2 aromatic rings. The fourth-order valence-corrected chi connectivity index (χ4v) is 4.96. The number of hydrogen-bond donors (Lipinski definition) is 0. The number of rotatable bonds is 7. The van der Waals surface area contributed by atoms with Crippen molar-refractivity contribution in [2.45, 2.75) is 19.3 Å². The second kappa shape index (κ2) is 8.93. The second-order valence-corrected chi connectivity index (χ2v) is 8.52. The van der Waals surface area contributed by atoms with Crippen LogP contribution in [0.1, 0.15) is 23.3 Å². The summed E-state index contributed by atoms with van der Waals surface area (Å²) >= 11 is 1.51. The van der Waals surface area contributed by atoms with E-state index in [0.717, 1.165) is 37.2 Å². The zero-order chi connectivity index (χ0) is 20.2. The third-order valence-corrected chi connectivity index (χ3v) is 6.62. The fraction of sp³-hybridized carbons (Fsp3) is 0.391. The molecule has 0 aliphatic carbocycles. The molecule has 2 amide bonds. The van der Waals surface area contributed by atoms with Gasteiger partial charge >= 0.3 is 0 Å². The van der Waals surface area contributed by atoms with E-state index in [1.165, 1.54) is 21.8 Å². The van der Waals surface area contributed by atoms with Crippen molar-refractivity contribution in [2.75, 3.05) is 33.4 Å². The smallest absolute Gasteiger partial charge is 0.277 e. The number of ether oxygens (including phenoxy) is 1. The van der Waals surface area contributed by atoms with Crippen LogP contribution in [0.25, 0.3) is 5.57 Å². The van der Waals surface area contributed by atoms with E-state index >= 15 is 0 Å². The molecule has 29 heavy (non-hydrogen) atoms. The highest BCUT2D eigenvalue weighted by molar-refractivity contribution is 7.11. The number of benzene rings is 1. The lowest BCUT2D eigenvalue weighted by atomic mass is 9.90. The molecule has 0 N–H and O–H groups in total. The first-order chi connectivity index (χ1) is 14.2. The summed E-state index contributed by atoms with van der Waals surface area (Å²) in [4.78, 5) is 30.5. The summed E-state index contributed by atoms with van der Waals surface area (Å²) in [7, 11) is 1.58. The number of amides is 2. The summed E-state index contributed by atoms with van der Waals surface area (Å²) < 4.78 is 5.10. The lowest BCUT2D eigenvalue weighted by molar-refractivity contribution is -0.138. The zero-order valence-electron chi connectivity index (χ0n) is 16.7. The van der Waals surface area contributed by atoms with Gasteiger partial charge in [-0.25, -0.2) is 0 Å². The molecule has 5 nitrogen and oxygen atoms in total. The molecule has 152 valence electrons. The van der Waals surface area contributed by atoms with Crippen LogP contribution in [0.5, 0.6) is 0 Å². The SMILES string of the molecule is COCCN1C(=O)C(c2cccs2)=C(N2CCC(Cc3ccccc3)CC2)C1=O. The van der Waals surface area contributed by atoms with Gasteiger partial charge in [0.1, 0.15) is 5.70 Å². The number of carbonyl (C=O) groups excluding carboxylic acids is 2. The molecule has 1 saturated heterocycles. The zero-order valence-corrected chi connectivity index (χ0v) is 17.5. The summed E-state index contributed by atoms with van der Waals surface area (Å²) in [6, 6.07) is 14.4. The molecular weight excluding hydrogens is 384 g/mol. The van der Waals surface area contributed by atoms with Crippen molar-refractivity contribution in [1.82, 2.24) is 9.80 Å². The predicted molar refractivity (Wildman–Crippen MR) is 114 cm³/mol. The molecule has 1 fully saturated rings. The molecule has 0 spiro atoms. The second-order valence-electron chi connectivity index (χ2n) is 7.58. The van der Waals surface area contributed by atoms with Gasteiger partial charge in [-0.2, -0.15) is 0 Å². The molecule has 0 atom stereocenters. The highest BCUT2D eigenvalue weighted by atomic mass is 32.1. The van der Waals surface area contributed by atoms with E-state index in [4.69, 9.17) is 4.74 Å². The Morgan fingerprint density at radius 1 is 1.03 bits per heavy atom. The van der Waals surface area contributed by atoms with Crippen LogP contribution in [0.3, 0.4) is 0 Å². The van der Waals surface area contributed by atoms with Crippen molar-refractivity contribution in [3.8, 4) is 0 Å². The molecule has 3 heterocycles. The van der Waals surface area contributed by atoms with Gasteiger partial charge in [-0.1, -0.05) is 36.4 Å². The first-order valence-corrected chi connectivity index (χ1v) is 11.0. The lowest BCUT2D eigenvalue weighted by Crippen LogP contribution is -2.40. The van der Waals surface area contributed by atoms with E-state index in [1.54, 1.807) is 7.11 Å². The quantitative estimate of drug-likeness (QED) is 0.656. The highest BCUT2D eigenvalue weighted by Crippen LogP contribution is 2.36. The van der Waals surface area contributed by atoms with Crippen molar-refractivity contribution in [3.05, 3.63) is 64.0 Å². The molecule has 1 aromatic carbocycles. The van der Waals surface area contributed by atoms with Gasteiger partial charge in [-0.3, -0.25) is 14.5 Å². The van der Waals surface area contributed by atoms with Crippen LogP contribution in [0.4, 0.5) is 0 Å². The Kier molecular flexibility index (Phi) is 6.11. The number of thiophene rings is 1. The maximum Gasteiger partial charge on any atom is 0.277 e. The van der Waals surface area contributed by atoms with Crippen molar-refractivity contribution < 1.29 is 14.3 Å². The van der Waals surface area contributed by atoms with Crippen LogP contribution in [0.15, 0.2) is 53.5 Å². The van der Waals surface area contributed by atoms with E-state index in [2.05, 4.69) is 29.2 Å². The van der Waals surface area contributed by atoms with Gasteiger partial charge in [-0.15, -0.1) is 11.3 Å². The van der Waals surface area contributed by atoms with E-state index in [0.29, 0.717) is 23.8 Å². The minimum Gasteiger partial charge on any atom is -0.383 e. The molecule has 0 bridgehead atoms. The molecule has 2 aliphatic rings. The summed E-state index contributed by atoms with van der Waals surface area (Å²) in [5.41, 5.74) is 2.50. The summed E-state index contributed by atoms with van der Waals surface area (Å²) in [6.45, 7) is 2.25. The standard InChI is InChI=1S/C23H26N2O3S/c1-28-14-13-25-22(26)20(19-8-5-15-29-19)21(23(25)27)24-11-9-18(10-12-24)16-17-6-3-2-4-7-17/h2-8,15,18H,9-14,16H2,1H3. The molecule has 0 saturated carbocycles. The lowest BCUT2D eigenvalue weighted by Gasteiger charge is -2.34. The van der Waals surface area contributed by atoms with Crippen molar-refractivity contribution in [2.24, 2.45) is 5.92 Å². The van der Waals surface area contributed by atoms with Gasteiger partial charge in [0.15, 0.2) is 0 Å². The summed E-state index contributed by atoms with van der Waals surface area (Å²) in [5, 5.41) is 1.95. The van der Waals surface area contributed by atoms with Crippen LogP contribution in [0, 0.1) is 5.92 Å². The van der Waals surface area contributed by atoms with Crippen molar-refractivity contribution in [3.63, 3.8) is 0 Å². The Morgan fingerprint density at radius 2 is 1.79 bits per heavy atom. The number of imide groups is 1. The number of piperidine rings is 1. The van der Waals surface area contributed by atoms with Gasteiger partial charge in [-0.05, 0) is 42.2 Å². The van der Waals surface area contributed by atoms with Crippen LogP contribution < -0.4 is 0 Å². The van der Waals surface area contributed by atoms with Crippen LogP contribution >= 0.6 is 11.3 Å². The number of carbonyl (C=O) groups is 2. The molecule has 2 aliphatic heterocycles. The van der Waals surface area contributed by atoms with Gasteiger partial charge in [0.25, 0.3) is 11.8 Å². The van der Waals surface area contributed by atoms with Gasteiger partial charge in [0.2, 0.25) is 0 Å². The molecular formula is C23H26N2O3S. The molecule has 0 radical (unpaired) electrons. The average Bonchev–Trinajstić information content (AvgIpc) is 3.35. The monoisotopic (exact) mass is 410 g/mol. The van der Waals surface area contributed by atoms with Crippen molar-refractivity contribution in [1.29, 1.82) is 0 Å². The van der Waals surface area contributed by atoms with E-state index in [-0.39, 0.29) is 18.4 Å². The number of methoxy groups -OCH3 is 1. The highest BCUT2D eigenvalue weighted by Gasteiger charge is 2.42. The Labute approximate surface area is 175 Å². The molecule has 0 unspecified atom stereocenters. The summed E-state index contributed by atoms with van der Waals surface area (Å²) in [6.07, 6.45) is 3.11. The van der Waals surface area contributed by atoms with Crippen LogP contribution in [-0.2, 0) is 20.7 Å². The summed E-state index contributed by atoms with van der Waals surface area (Å²) in [5.74, 6) is 0.226. The minimum atomic E-state index is -0.198. The van der Waals surface area contributed by atoms with Crippen molar-refractivity contribution >= 4 is 28.7 Å².